The van der Waals surface area contributed by atoms with Crippen molar-refractivity contribution in [2.75, 3.05) is 24.8 Å². The third-order valence-electron chi connectivity index (χ3n) is 5.28. The van der Waals surface area contributed by atoms with Crippen LogP contribution in [0.2, 0.25) is 0 Å². The zero-order chi connectivity index (χ0) is 24.1. The number of ether oxygens (including phenoxy) is 2. The molecule has 4 rings (SSSR count). The first-order valence-corrected chi connectivity index (χ1v) is 10.7. The van der Waals surface area contributed by atoms with Crippen molar-refractivity contribution in [3.05, 3.63) is 66.5 Å². The molecule has 2 heterocycles. The maximum absolute atomic E-state index is 14.2. The van der Waals surface area contributed by atoms with E-state index >= 15 is 0 Å². The van der Waals surface area contributed by atoms with Gasteiger partial charge in [0.25, 0.3) is 0 Å². The van der Waals surface area contributed by atoms with Gasteiger partial charge in [0, 0.05) is 29.3 Å². The lowest BCUT2D eigenvalue weighted by Crippen LogP contribution is -2.14. The number of fused-ring (bicyclic) bond motifs is 1. The van der Waals surface area contributed by atoms with Gasteiger partial charge in [-0.3, -0.25) is 4.79 Å². The van der Waals surface area contributed by atoms with Gasteiger partial charge >= 0.3 is 0 Å². The normalized spacial score (nSPS) is 10.8. The Balaban J connectivity index is 1.50. The molecule has 0 fully saturated rings. The fourth-order valence-electron chi connectivity index (χ4n) is 3.51. The van der Waals surface area contributed by atoms with Crippen molar-refractivity contribution in [3.63, 3.8) is 0 Å². The van der Waals surface area contributed by atoms with Crippen molar-refractivity contribution in [2.24, 2.45) is 0 Å². The molecule has 4 aromatic rings. The molecule has 0 aliphatic heterocycles. The van der Waals surface area contributed by atoms with Gasteiger partial charge in [0.15, 0.2) is 5.82 Å². The second-order valence-electron chi connectivity index (χ2n) is 7.63. The Morgan fingerprint density at radius 1 is 1.12 bits per heavy atom. The molecule has 9 heteroatoms. The lowest BCUT2D eigenvalue weighted by atomic mass is 10.0. The predicted octanol–water partition coefficient (Wildman–Crippen LogP) is 4.53. The Labute approximate surface area is 196 Å². The van der Waals surface area contributed by atoms with E-state index in [0.717, 1.165) is 11.1 Å². The van der Waals surface area contributed by atoms with Crippen LogP contribution in [0.5, 0.6) is 11.6 Å². The van der Waals surface area contributed by atoms with Gasteiger partial charge < -0.3 is 20.5 Å². The number of methoxy groups -OCH3 is 1. The largest absolute Gasteiger partial charge is 0.491 e. The van der Waals surface area contributed by atoms with Gasteiger partial charge in [-0.25, -0.2) is 19.3 Å². The second kappa shape index (κ2) is 10.1. The molecule has 0 spiro atoms. The molecule has 2 aromatic heterocycles. The van der Waals surface area contributed by atoms with Crippen molar-refractivity contribution in [2.45, 2.75) is 19.8 Å². The number of pyridine rings is 1. The molecule has 8 nitrogen and oxygen atoms in total. The first-order valence-electron chi connectivity index (χ1n) is 10.7. The summed E-state index contributed by atoms with van der Waals surface area (Å²) in [6.07, 6.45) is 3.74. The highest BCUT2D eigenvalue weighted by atomic mass is 19.1. The Morgan fingerprint density at radius 3 is 2.71 bits per heavy atom. The molecule has 0 radical (unpaired) electrons. The second-order valence-corrected chi connectivity index (χ2v) is 7.63. The number of amides is 1. The maximum atomic E-state index is 14.2. The first-order chi connectivity index (χ1) is 16.5. The summed E-state index contributed by atoms with van der Waals surface area (Å²) >= 11 is 0. The number of carbonyl (C=O) groups is 1. The van der Waals surface area contributed by atoms with Crippen LogP contribution in [0.25, 0.3) is 22.0 Å². The highest BCUT2D eigenvalue weighted by molar-refractivity contribution is 5.94. The summed E-state index contributed by atoms with van der Waals surface area (Å²) in [6, 6.07) is 12.1. The number of hydrogen-bond acceptors (Lipinski definition) is 7. The number of aromatic nitrogens is 3. The molecule has 0 unspecified atom stereocenters. The topological polar surface area (TPSA) is 112 Å². The number of nitrogens with one attached hydrogen (secondary N) is 1. The Kier molecular flexibility index (Phi) is 6.82. The van der Waals surface area contributed by atoms with E-state index in [1.54, 1.807) is 30.3 Å². The number of benzene rings is 2. The minimum Gasteiger partial charge on any atom is -0.491 e. The summed E-state index contributed by atoms with van der Waals surface area (Å²) in [5.74, 6) is -0.273. The standard InChI is InChI=1S/C25H24FN5O3/c1-15-18-10-16(17-11-19(26)25(33-2)28-13-17)12-22(24(18)30-14-29-15)34-9-5-8-23(32)31-21-7-4-3-6-20(21)27/h3-4,6-7,10-14H,5,8-9,27H2,1-2H3,(H,31,32). The smallest absolute Gasteiger partial charge is 0.250 e. The fourth-order valence-corrected chi connectivity index (χ4v) is 3.51. The van der Waals surface area contributed by atoms with Crippen molar-refractivity contribution in [3.8, 4) is 22.8 Å². The Hall–Kier alpha value is -4.27. The van der Waals surface area contributed by atoms with Crippen molar-refractivity contribution in [1.29, 1.82) is 0 Å². The maximum Gasteiger partial charge on any atom is 0.250 e. The molecule has 3 N–H and O–H groups in total. The first kappa shape index (κ1) is 22.9. The number of para-hydroxylation sites is 2. The summed E-state index contributed by atoms with van der Waals surface area (Å²) in [7, 11) is 1.36. The van der Waals surface area contributed by atoms with E-state index in [0.29, 0.717) is 40.2 Å². The third-order valence-corrected chi connectivity index (χ3v) is 5.28. The average molecular weight is 461 g/mol. The van der Waals surface area contributed by atoms with E-state index < -0.39 is 5.82 Å². The SMILES string of the molecule is COc1ncc(-c2cc(OCCCC(=O)Nc3ccccc3N)c3ncnc(C)c3c2)cc1F. The molecule has 34 heavy (non-hydrogen) atoms. The quantitative estimate of drug-likeness (QED) is 0.293. The van der Waals surface area contributed by atoms with Crippen LogP contribution in [0.15, 0.2) is 55.0 Å². The summed E-state index contributed by atoms with van der Waals surface area (Å²) < 4.78 is 25.2. The number of nitrogens with zero attached hydrogens (tertiary/aromatic N) is 3. The van der Waals surface area contributed by atoms with E-state index in [1.807, 2.05) is 13.0 Å². The number of hydrogen-bond donors (Lipinski definition) is 2. The molecule has 0 aliphatic carbocycles. The summed E-state index contributed by atoms with van der Waals surface area (Å²) in [6.45, 7) is 2.15. The molecule has 0 aliphatic rings. The van der Waals surface area contributed by atoms with E-state index in [2.05, 4.69) is 20.3 Å². The molecule has 2 aromatic carbocycles. The molecule has 1 amide bonds. The number of rotatable bonds is 8. The number of nitrogens with two attached hydrogens (primary N) is 1. The van der Waals surface area contributed by atoms with Crippen LogP contribution in [-0.2, 0) is 4.79 Å². The monoisotopic (exact) mass is 461 g/mol. The van der Waals surface area contributed by atoms with E-state index in [1.165, 1.54) is 25.7 Å². The van der Waals surface area contributed by atoms with Crippen LogP contribution < -0.4 is 20.5 Å². The average Bonchev–Trinajstić information content (AvgIpc) is 2.83. The van der Waals surface area contributed by atoms with Gasteiger partial charge in [0.2, 0.25) is 11.8 Å². The highest BCUT2D eigenvalue weighted by Crippen LogP contribution is 2.33. The molecular weight excluding hydrogens is 437 g/mol. The van der Waals surface area contributed by atoms with Crippen molar-refractivity contribution < 1.29 is 18.7 Å². The van der Waals surface area contributed by atoms with Crippen LogP contribution in [0.4, 0.5) is 15.8 Å². The number of aryl methyl sites for hydroxylation is 1. The van der Waals surface area contributed by atoms with Crippen molar-refractivity contribution in [1.82, 2.24) is 15.0 Å². The summed E-state index contributed by atoms with van der Waals surface area (Å²) in [4.78, 5) is 24.9. The summed E-state index contributed by atoms with van der Waals surface area (Å²) in [5, 5.41) is 3.58. The van der Waals surface area contributed by atoms with Crippen LogP contribution in [0.1, 0.15) is 18.5 Å². The van der Waals surface area contributed by atoms with Crippen LogP contribution in [0, 0.1) is 12.7 Å². The third kappa shape index (κ3) is 5.03. The predicted molar refractivity (Wildman–Crippen MR) is 128 cm³/mol. The van der Waals surface area contributed by atoms with Crippen LogP contribution in [0.3, 0.4) is 0 Å². The van der Waals surface area contributed by atoms with Gasteiger partial charge in [-0.1, -0.05) is 12.1 Å². The zero-order valence-corrected chi connectivity index (χ0v) is 18.8. The lowest BCUT2D eigenvalue weighted by molar-refractivity contribution is -0.116. The van der Waals surface area contributed by atoms with Crippen LogP contribution in [-0.4, -0.2) is 34.6 Å². The Morgan fingerprint density at radius 2 is 1.94 bits per heavy atom. The number of carbonyl (C=O) groups excluding carboxylic acids is 1. The fraction of sp³-hybridized carbons (Fsp3) is 0.200. The lowest BCUT2D eigenvalue weighted by Gasteiger charge is -2.13. The van der Waals surface area contributed by atoms with E-state index in [9.17, 15) is 9.18 Å². The minimum absolute atomic E-state index is 0.0731. The van der Waals surface area contributed by atoms with Gasteiger partial charge in [-0.05, 0) is 49.2 Å². The minimum atomic E-state index is -0.561. The zero-order valence-electron chi connectivity index (χ0n) is 18.8. The molecule has 0 bridgehead atoms. The molecule has 174 valence electrons. The van der Waals surface area contributed by atoms with Gasteiger partial charge in [0.05, 0.1) is 25.1 Å². The number of nitrogen functional groups attached to an aromatic ring is 1. The molecule has 0 atom stereocenters. The van der Waals surface area contributed by atoms with E-state index in [4.69, 9.17) is 15.2 Å². The van der Waals surface area contributed by atoms with Crippen LogP contribution >= 0.6 is 0 Å². The summed E-state index contributed by atoms with van der Waals surface area (Å²) in [5.41, 5.74) is 9.62. The molecular formula is C25H24FN5O3. The number of halogens is 1. The molecule has 0 saturated heterocycles. The molecule has 0 saturated carbocycles. The van der Waals surface area contributed by atoms with Gasteiger partial charge in [0.1, 0.15) is 17.6 Å². The van der Waals surface area contributed by atoms with Gasteiger partial charge in [-0.15, -0.1) is 0 Å². The number of anilines is 2. The van der Waals surface area contributed by atoms with Crippen molar-refractivity contribution >= 4 is 28.2 Å². The van der Waals surface area contributed by atoms with E-state index in [-0.39, 0.29) is 24.8 Å². The highest BCUT2D eigenvalue weighted by Gasteiger charge is 2.14. The van der Waals surface area contributed by atoms with Gasteiger partial charge in [-0.2, -0.15) is 0 Å². The Bertz CT molecular complexity index is 1350.